The van der Waals surface area contributed by atoms with Crippen LogP contribution in [-0.2, 0) is 0 Å². The smallest absolute Gasteiger partial charge is 0.0391 e. The van der Waals surface area contributed by atoms with E-state index in [1.54, 1.807) is 0 Å². The lowest BCUT2D eigenvalue weighted by molar-refractivity contribution is 0.360. The quantitative estimate of drug-likeness (QED) is 0.271. The zero-order chi connectivity index (χ0) is 15.1. The maximum absolute atomic E-state index is 4.19. The van der Waals surface area contributed by atoms with Gasteiger partial charge < -0.3 is 0 Å². The molecule has 0 N–H and O–H groups in total. The van der Waals surface area contributed by atoms with Crippen LogP contribution in [0.25, 0.3) is 0 Å². The van der Waals surface area contributed by atoms with E-state index in [1.165, 1.54) is 89.9 Å². The molecule has 0 aromatic carbocycles. The van der Waals surface area contributed by atoms with Crippen molar-refractivity contribution in [1.82, 2.24) is 0 Å². The van der Waals surface area contributed by atoms with E-state index in [9.17, 15) is 0 Å². The normalized spacial score (nSPS) is 13.1. The van der Waals surface area contributed by atoms with Gasteiger partial charge >= 0.3 is 0 Å². The minimum Gasteiger partial charge on any atom is -0.0654 e. The van der Waals surface area contributed by atoms with Crippen LogP contribution in [0.15, 0.2) is 0 Å². The third-order valence-electron chi connectivity index (χ3n) is 4.76. The SMILES string of the molecule is [CH2]C(C)C(CC)CCCCCCCCCCCCCC. The molecule has 0 aliphatic carbocycles. The maximum atomic E-state index is 4.19. The lowest BCUT2D eigenvalue weighted by Gasteiger charge is -2.18. The van der Waals surface area contributed by atoms with Crippen molar-refractivity contribution in [3.8, 4) is 0 Å². The number of unbranched alkanes of at least 4 members (excludes halogenated alkanes) is 11. The Bertz CT molecular complexity index is 171. The predicted octanol–water partition coefficient (Wildman–Crippen LogP) is 7.57. The Balaban J connectivity index is 3.13. The first-order valence-electron chi connectivity index (χ1n) is 9.55. The van der Waals surface area contributed by atoms with Crippen LogP contribution in [0, 0.1) is 18.8 Å². The van der Waals surface area contributed by atoms with Gasteiger partial charge in [-0.1, -0.05) is 118 Å². The van der Waals surface area contributed by atoms with E-state index in [0.717, 1.165) is 5.92 Å². The van der Waals surface area contributed by atoms with Crippen LogP contribution in [0.3, 0.4) is 0 Å². The minimum absolute atomic E-state index is 0.632. The summed E-state index contributed by atoms with van der Waals surface area (Å²) >= 11 is 0. The van der Waals surface area contributed by atoms with Crippen molar-refractivity contribution in [2.75, 3.05) is 0 Å². The van der Waals surface area contributed by atoms with Crippen LogP contribution in [0.4, 0.5) is 0 Å². The fourth-order valence-electron chi connectivity index (χ4n) is 3.14. The van der Waals surface area contributed by atoms with Crippen LogP contribution in [-0.4, -0.2) is 0 Å². The van der Waals surface area contributed by atoms with Crippen molar-refractivity contribution in [1.29, 1.82) is 0 Å². The van der Waals surface area contributed by atoms with E-state index in [1.807, 2.05) is 0 Å². The third-order valence-corrected chi connectivity index (χ3v) is 4.76. The molecule has 20 heavy (non-hydrogen) atoms. The fourth-order valence-corrected chi connectivity index (χ4v) is 3.14. The van der Waals surface area contributed by atoms with Gasteiger partial charge in [0, 0.05) is 0 Å². The van der Waals surface area contributed by atoms with Crippen LogP contribution in [0.5, 0.6) is 0 Å². The summed E-state index contributed by atoms with van der Waals surface area (Å²) in [5.74, 6) is 1.49. The lowest BCUT2D eigenvalue weighted by Crippen LogP contribution is -2.07. The molecular weight excluding hydrogens is 240 g/mol. The molecule has 0 heterocycles. The molecule has 0 bridgehead atoms. The standard InChI is InChI=1S/C20H41/c1-5-7-8-9-10-11-12-13-14-15-16-17-18-20(6-2)19(3)4/h19-20H,3,5-18H2,1-2,4H3. The highest BCUT2D eigenvalue weighted by Gasteiger charge is 2.09. The van der Waals surface area contributed by atoms with E-state index in [2.05, 4.69) is 27.7 Å². The molecule has 0 aliphatic rings. The van der Waals surface area contributed by atoms with Crippen molar-refractivity contribution in [2.45, 2.75) is 111 Å². The molecule has 0 spiro atoms. The zero-order valence-electron chi connectivity index (χ0n) is 14.8. The molecule has 0 amide bonds. The van der Waals surface area contributed by atoms with E-state index in [-0.39, 0.29) is 0 Å². The Labute approximate surface area is 130 Å². The van der Waals surface area contributed by atoms with Crippen molar-refractivity contribution in [3.05, 3.63) is 6.92 Å². The van der Waals surface area contributed by atoms with Crippen LogP contribution in [0.1, 0.15) is 111 Å². The molecule has 0 aromatic heterocycles. The van der Waals surface area contributed by atoms with Crippen molar-refractivity contribution < 1.29 is 0 Å². The summed E-state index contributed by atoms with van der Waals surface area (Å²) in [5.41, 5.74) is 0. The molecule has 121 valence electrons. The predicted molar refractivity (Wildman–Crippen MR) is 94.0 cm³/mol. The van der Waals surface area contributed by atoms with Gasteiger partial charge in [0.25, 0.3) is 0 Å². The molecule has 1 radical (unpaired) electrons. The molecule has 0 saturated carbocycles. The van der Waals surface area contributed by atoms with Gasteiger partial charge in [-0.05, 0) is 11.8 Å². The summed E-state index contributed by atoms with van der Waals surface area (Å²) in [6.45, 7) is 11.1. The highest BCUT2D eigenvalue weighted by atomic mass is 14.2. The molecular formula is C20H41. The molecule has 2 atom stereocenters. The molecule has 2 unspecified atom stereocenters. The Hall–Kier alpha value is 0. The van der Waals surface area contributed by atoms with E-state index in [0.29, 0.717) is 5.92 Å². The van der Waals surface area contributed by atoms with E-state index >= 15 is 0 Å². The van der Waals surface area contributed by atoms with Crippen LogP contribution < -0.4 is 0 Å². The molecule has 0 nitrogen and oxygen atoms in total. The fraction of sp³-hybridized carbons (Fsp3) is 0.950. The van der Waals surface area contributed by atoms with Gasteiger partial charge in [0.15, 0.2) is 0 Å². The first kappa shape index (κ1) is 20.0. The largest absolute Gasteiger partial charge is 0.0654 e. The van der Waals surface area contributed by atoms with Gasteiger partial charge in [0.1, 0.15) is 0 Å². The first-order chi connectivity index (χ1) is 9.72. The van der Waals surface area contributed by atoms with E-state index < -0.39 is 0 Å². The first-order valence-corrected chi connectivity index (χ1v) is 9.55. The third kappa shape index (κ3) is 13.0. The van der Waals surface area contributed by atoms with Gasteiger partial charge in [-0.15, -0.1) is 0 Å². The Morgan fingerprint density at radius 3 is 1.40 bits per heavy atom. The number of rotatable bonds is 15. The highest BCUT2D eigenvalue weighted by molar-refractivity contribution is 4.66. The minimum atomic E-state index is 0.632. The molecule has 0 aromatic rings. The van der Waals surface area contributed by atoms with Crippen molar-refractivity contribution in [2.24, 2.45) is 11.8 Å². The Morgan fingerprint density at radius 2 is 1.05 bits per heavy atom. The molecule has 0 aliphatic heterocycles. The monoisotopic (exact) mass is 281 g/mol. The van der Waals surface area contributed by atoms with Crippen molar-refractivity contribution in [3.63, 3.8) is 0 Å². The summed E-state index contributed by atoms with van der Waals surface area (Å²) in [6.07, 6.45) is 20.1. The zero-order valence-corrected chi connectivity index (χ0v) is 14.8. The molecule has 0 saturated heterocycles. The van der Waals surface area contributed by atoms with Gasteiger partial charge in [0.2, 0.25) is 0 Å². The van der Waals surface area contributed by atoms with Gasteiger partial charge in [-0.25, -0.2) is 0 Å². The second-order valence-electron chi connectivity index (χ2n) is 6.82. The summed E-state index contributed by atoms with van der Waals surface area (Å²) < 4.78 is 0. The number of hydrogen-bond donors (Lipinski definition) is 0. The Morgan fingerprint density at radius 1 is 0.650 bits per heavy atom. The Kier molecular flexibility index (Phi) is 15.4. The van der Waals surface area contributed by atoms with Crippen LogP contribution >= 0.6 is 0 Å². The molecule has 0 fully saturated rings. The summed E-state index contributed by atoms with van der Waals surface area (Å²) in [4.78, 5) is 0. The number of hydrogen-bond acceptors (Lipinski definition) is 0. The van der Waals surface area contributed by atoms with Crippen LogP contribution in [0.2, 0.25) is 0 Å². The van der Waals surface area contributed by atoms with Crippen molar-refractivity contribution >= 4 is 0 Å². The molecule has 0 heteroatoms. The summed E-state index contributed by atoms with van der Waals surface area (Å²) in [6, 6.07) is 0. The second-order valence-corrected chi connectivity index (χ2v) is 6.82. The summed E-state index contributed by atoms with van der Waals surface area (Å²) in [5, 5.41) is 0. The topological polar surface area (TPSA) is 0 Å². The summed E-state index contributed by atoms with van der Waals surface area (Å²) in [7, 11) is 0. The maximum Gasteiger partial charge on any atom is -0.0391 e. The average molecular weight is 282 g/mol. The molecule has 0 rings (SSSR count). The van der Waals surface area contributed by atoms with Gasteiger partial charge in [-0.2, -0.15) is 0 Å². The average Bonchev–Trinajstić information content (AvgIpc) is 2.43. The lowest BCUT2D eigenvalue weighted by atomic mass is 9.88. The highest BCUT2D eigenvalue weighted by Crippen LogP contribution is 2.22. The second kappa shape index (κ2) is 15.4. The van der Waals surface area contributed by atoms with E-state index in [4.69, 9.17) is 0 Å². The van der Waals surface area contributed by atoms with Gasteiger partial charge in [-0.3, -0.25) is 0 Å². The van der Waals surface area contributed by atoms with Gasteiger partial charge in [0.05, 0.1) is 0 Å².